The molecule has 0 atom stereocenters. The van der Waals surface area contributed by atoms with Gasteiger partial charge in [-0.05, 0) is 46.7 Å². The molecule has 1 N–H and O–H groups in total. The Morgan fingerprint density at radius 1 is 1.18 bits per heavy atom. The summed E-state index contributed by atoms with van der Waals surface area (Å²) < 4.78 is 16.2. The SMILES string of the molecule is C#Cc1ccsc1-c1nc2cc(C(C)(C)C)ccn2c1Nc1ccccc1F. The van der Waals surface area contributed by atoms with Crippen LogP contribution in [0.2, 0.25) is 0 Å². The predicted octanol–water partition coefficient (Wildman–Crippen LogP) is 6.22. The maximum atomic E-state index is 14.3. The second-order valence-corrected chi connectivity index (χ2v) is 8.53. The number of imidazole rings is 1. The van der Waals surface area contributed by atoms with E-state index in [0.717, 1.165) is 21.8 Å². The van der Waals surface area contributed by atoms with Crippen molar-refractivity contribution in [1.82, 2.24) is 9.38 Å². The van der Waals surface area contributed by atoms with Crippen LogP contribution < -0.4 is 5.32 Å². The number of anilines is 2. The van der Waals surface area contributed by atoms with Gasteiger partial charge in [-0.25, -0.2) is 9.37 Å². The molecular formula is C23H20FN3S. The zero-order chi connectivity index (χ0) is 19.9. The number of para-hydroxylation sites is 1. The van der Waals surface area contributed by atoms with Gasteiger partial charge in [0.15, 0.2) is 0 Å². The van der Waals surface area contributed by atoms with Gasteiger partial charge in [0.2, 0.25) is 0 Å². The normalized spacial score (nSPS) is 11.5. The molecule has 0 aliphatic heterocycles. The van der Waals surface area contributed by atoms with Gasteiger partial charge in [0.05, 0.1) is 10.6 Å². The number of pyridine rings is 1. The third-order valence-electron chi connectivity index (χ3n) is 4.65. The molecule has 4 rings (SSSR count). The number of hydrogen-bond acceptors (Lipinski definition) is 3. The molecule has 0 aliphatic rings. The highest BCUT2D eigenvalue weighted by molar-refractivity contribution is 7.13. The fourth-order valence-corrected chi connectivity index (χ4v) is 3.93. The van der Waals surface area contributed by atoms with E-state index >= 15 is 0 Å². The molecule has 28 heavy (non-hydrogen) atoms. The summed E-state index contributed by atoms with van der Waals surface area (Å²) in [7, 11) is 0. The molecule has 140 valence electrons. The van der Waals surface area contributed by atoms with E-state index in [9.17, 15) is 4.39 Å². The van der Waals surface area contributed by atoms with Crippen molar-refractivity contribution >= 4 is 28.5 Å². The van der Waals surface area contributed by atoms with Crippen molar-refractivity contribution in [3.05, 3.63) is 71.0 Å². The van der Waals surface area contributed by atoms with E-state index in [0.29, 0.717) is 11.5 Å². The van der Waals surface area contributed by atoms with Crippen LogP contribution in [0.1, 0.15) is 31.9 Å². The minimum Gasteiger partial charge on any atom is -0.337 e. The average Bonchev–Trinajstić information content (AvgIpc) is 3.26. The summed E-state index contributed by atoms with van der Waals surface area (Å²) >= 11 is 1.53. The van der Waals surface area contributed by atoms with Crippen LogP contribution in [0.25, 0.3) is 16.2 Å². The molecule has 3 aromatic heterocycles. The zero-order valence-electron chi connectivity index (χ0n) is 16.0. The van der Waals surface area contributed by atoms with E-state index in [1.54, 1.807) is 18.2 Å². The third-order valence-corrected chi connectivity index (χ3v) is 5.58. The molecule has 0 bridgehead atoms. The highest BCUT2D eigenvalue weighted by Crippen LogP contribution is 2.37. The van der Waals surface area contributed by atoms with E-state index < -0.39 is 0 Å². The zero-order valence-corrected chi connectivity index (χ0v) is 16.8. The molecule has 3 nitrogen and oxygen atoms in total. The number of thiophene rings is 1. The van der Waals surface area contributed by atoms with Gasteiger partial charge in [-0.15, -0.1) is 17.8 Å². The molecule has 0 radical (unpaired) electrons. The second kappa shape index (κ2) is 6.81. The summed E-state index contributed by atoms with van der Waals surface area (Å²) in [4.78, 5) is 5.75. The van der Waals surface area contributed by atoms with Crippen LogP contribution in [0.5, 0.6) is 0 Å². The number of nitrogens with one attached hydrogen (secondary N) is 1. The van der Waals surface area contributed by atoms with Gasteiger partial charge in [-0.3, -0.25) is 4.40 Å². The van der Waals surface area contributed by atoms with Crippen molar-refractivity contribution in [3.8, 4) is 22.9 Å². The summed E-state index contributed by atoms with van der Waals surface area (Å²) in [6.45, 7) is 6.49. The first-order chi connectivity index (χ1) is 13.4. The number of fused-ring (bicyclic) bond motifs is 1. The summed E-state index contributed by atoms with van der Waals surface area (Å²) in [6, 6.07) is 12.6. The molecule has 0 unspecified atom stereocenters. The lowest BCUT2D eigenvalue weighted by Crippen LogP contribution is -2.11. The monoisotopic (exact) mass is 389 g/mol. The van der Waals surface area contributed by atoms with Gasteiger partial charge in [0, 0.05) is 11.8 Å². The van der Waals surface area contributed by atoms with Crippen LogP contribution in [-0.4, -0.2) is 9.38 Å². The third kappa shape index (κ3) is 3.17. The smallest absolute Gasteiger partial charge is 0.146 e. The summed E-state index contributed by atoms with van der Waals surface area (Å²) in [6.07, 6.45) is 7.65. The van der Waals surface area contributed by atoms with Crippen LogP contribution in [0.4, 0.5) is 15.9 Å². The summed E-state index contributed by atoms with van der Waals surface area (Å²) in [5.74, 6) is 3.09. The number of terminal acetylenes is 1. The van der Waals surface area contributed by atoms with Gasteiger partial charge in [0.1, 0.15) is 23.0 Å². The van der Waals surface area contributed by atoms with Crippen LogP contribution in [0.3, 0.4) is 0 Å². The molecule has 1 aromatic carbocycles. The molecule has 0 aliphatic carbocycles. The van der Waals surface area contributed by atoms with Gasteiger partial charge in [-0.2, -0.15) is 0 Å². The number of aromatic nitrogens is 2. The lowest BCUT2D eigenvalue weighted by Gasteiger charge is -2.19. The first-order valence-corrected chi connectivity index (χ1v) is 9.85. The number of benzene rings is 1. The highest BCUT2D eigenvalue weighted by atomic mass is 32.1. The van der Waals surface area contributed by atoms with E-state index in [1.807, 2.05) is 22.0 Å². The van der Waals surface area contributed by atoms with Crippen molar-refractivity contribution < 1.29 is 4.39 Å². The molecular weight excluding hydrogens is 369 g/mol. The Labute approximate surface area is 167 Å². The molecule has 4 aromatic rings. The molecule has 0 saturated carbocycles. The highest BCUT2D eigenvalue weighted by Gasteiger charge is 2.21. The standard InChI is InChI=1S/C23H20FN3S/c1-5-15-11-13-28-21(15)20-22(25-18-9-7-6-8-17(18)24)27-12-10-16(23(2,3)4)14-19(27)26-20/h1,6-14,25H,2-4H3. The van der Waals surface area contributed by atoms with Crippen LogP contribution in [-0.2, 0) is 5.41 Å². The van der Waals surface area contributed by atoms with E-state index in [1.165, 1.54) is 23.0 Å². The Bertz CT molecular complexity index is 1200. The van der Waals surface area contributed by atoms with Crippen molar-refractivity contribution in [2.75, 3.05) is 5.32 Å². The van der Waals surface area contributed by atoms with Crippen molar-refractivity contribution in [1.29, 1.82) is 0 Å². The van der Waals surface area contributed by atoms with Crippen molar-refractivity contribution in [2.24, 2.45) is 0 Å². The predicted molar refractivity (Wildman–Crippen MR) is 115 cm³/mol. The molecule has 0 saturated heterocycles. The number of hydrogen-bond donors (Lipinski definition) is 1. The first-order valence-electron chi connectivity index (χ1n) is 8.97. The minimum atomic E-state index is -0.321. The molecule has 3 heterocycles. The Morgan fingerprint density at radius 3 is 2.68 bits per heavy atom. The fourth-order valence-electron chi connectivity index (χ4n) is 3.09. The van der Waals surface area contributed by atoms with Crippen LogP contribution in [0, 0.1) is 18.2 Å². The molecule has 0 spiro atoms. The van der Waals surface area contributed by atoms with Crippen molar-refractivity contribution in [3.63, 3.8) is 0 Å². The van der Waals surface area contributed by atoms with Crippen molar-refractivity contribution in [2.45, 2.75) is 26.2 Å². The van der Waals surface area contributed by atoms with Crippen LogP contribution in [0.15, 0.2) is 54.0 Å². The van der Waals surface area contributed by atoms with E-state index in [2.05, 4.69) is 44.1 Å². The maximum absolute atomic E-state index is 14.3. The summed E-state index contributed by atoms with van der Waals surface area (Å²) in [5, 5.41) is 5.17. The van der Waals surface area contributed by atoms with E-state index in [4.69, 9.17) is 11.4 Å². The van der Waals surface area contributed by atoms with Crippen LogP contribution >= 0.6 is 11.3 Å². The van der Waals surface area contributed by atoms with Gasteiger partial charge in [-0.1, -0.05) is 38.8 Å². The number of halogens is 1. The lowest BCUT2D eigenvalue weighted by molar-refractivity contribution is 0.589. The second-order valence-electron chi connectivity index (χ2n) is 7.62. The Hall–Kier alpha value is -3.10. The molecule has 0 amide bonds. The topological polar surface area (TPSA) is 29.3 Å². The average molecular weight is 389 g/mol. The van der Waals surface area contributed by atoms with E-state index in [-0.39, 0.29) is 11.2 Å². The quantitative estimate of drug-likeness (QED) is 0.421. The Morgan fingerprint density at radius 2 is 1.96 bits per heavy atom. The Kier molecular flexibility index (Phi) is 4.44. The van der Waals surface area contributed by atoms with Gasteiger partial charge < -0.3 is 5.32 Å². The Balaban J connectivity index is 1.95. The number of rotatable bonds is 3. The molecule has 5 heteroatoms. The summed E-state index contributed by atoms with van der Waals surface area (Å²) in [5.41, 5.74) is 3.86. The lowest BCUT2D eigenvalue weighted by atomic mass is 9.88. The van der Waals surface area contributed by atoms with Gasteiger partial charge >= 0.3 is 0 Å². The molecule has 0 fully saturated rings. The largest absolute Gasteiger partial charge is 0.337 e. The number of nitrogens with zero attached hydrogens (tertiary/aromatic N) is 2. The first kappa shape index (κ1) is 18.3. The fraction of sp³-hybridized carbons (Fsp3) is 0.174. The van der Waals surface area contributed by atoms with Gasteiger partial charge in [0.25, 0.3) is 0 Å². The minimum absolute atomic E-state index is 0.0000994. The maximum Gasteiger partial charge on any atom is 0.146 e.